The van der Waals surface area contributed by atoms with Crippen molar-refractivity contribution in [2.24, 2.45) is 0 Å². The van der Waals surface area contributed by atoms with Crippen molar-refractivity contribution >= 4 is 39.3 Å². The average Bonchev–Trinajstić information content (AvgIpc) is 2.98. The zero-order chi connectivity index (χ0) is 17.4. The Morgan fingerprint density at radius 2 is 1.60 bits per heavy atom. The van der Waals surface area contributed by atoms with Crippen LogP contribution < -0.4 is 0 Å². The maximum absolute atomic E-state index is 12.3. The number of carbonyl (C=O) groups is 2. The van der Waals surface area contributed by atoms with E-state index in [1.165, 1.54) is 0 Å². The smallest absolute Gasteiger partial charge is 0.338 e. The van der Waals surface area contributed by atoms with Gasteiger partial charge in [-0.05, 0) is 41.3 Å². The summed E-state index contributed by atoms with van der Waals surface area (Å²) in [6.45, 7) is 0.263. The fourth-order valence-corrected chi connectivity index (χ4v) is 3.61. The Hall–Kier alpha value is -2.46. The molecule has 0 bridgehead atoms. The summed E-state index contributed by atoms with van der Waals surface area (Å²) in [7, 11) is 0. The van der Waals surface area contributed by atoms with E-state index in [2.05, 4.69) is 15.9 Å². The fraction of sp³-hybridized carbons (Fsp3) is 0.143. The molecule has 0 saturated carbocycles. The van der Waals surface area contributed by atoms with Gasteiger partial charge in [0.15, 0.2) is 5.78 Å². The minimum absolute atomic E-state index is 0.156. The molecule has 3 nitrogen and oxygen atoms in total. The monoisotopic (exact) mass is 394 g/mol. The summed E-state index contributed by atoms with van der Waals surface area (Å²) in [4.78, 5) is 24.4. The van der Waals surface area contributed by atoms with Crippen LogP contribution in [0.25, 0.3) is 11.6 Å². The Bertz CT molecular complexity index is 936. The van der Waals surface area contributed by atoms with Gasteiger partial charge in [0, 0.05) is 22.0 Å². The second-order valence-corrected chi connectivity index (χ2v) is 7.03. The molecule has 4 rings (SSSR count). The number of allylic oxidation sites excluding steroid dienone is 1. The Labute approximate surface area is 154 Å². The summed E-state index contributed by atoms with van der Waals surface area (Å²) in [5, 5.41) is 0. The van der Waals surface area contributed by atoms with Crippen molar-refractivity contribution < 1.29 is 14.3 Å². The first-order valence-corrected chi connectivity index (χ1v) is 8.92. The number of esters is 1. The molecule has 0 amide bonds. The molecule has 0 N–H and O–H groups in total. The van der Waals surface area contributed by atoms with Crippen LogP contribution in [0, 0.1) is 0 Å². The third-order valence-corrected chi connectivity index (χ3v) is 5.12. The third kappa shape index (κ3) is 2.98. The van der Waals surface area contributed by atoms with E-state index in [0.29, 0.717) is 18.4 Å². The van der Waals surface area contributed by atoms with Crippen molar-refractivity contribution in [2.45, 2.75) is 12.8 Å². The van der Waals surface area contributed by atoms with Crippen molar-refractivity contribution in [1.29, 1.82) is 0 Å². The van der Waals surface area contributed by atoms with Crippen molar-refractivity contribution in [2.75, 3.05) is 6.61 Å². The molecule has 0 radical (unpaired) electrons. The van der Waals surface area contributed by atoms with E-state index in [-0.39, 0.29) is 18.4 Å². The number of cyclic esters (lactones) is 1. The predicted octanol–water partition coefficient (Wildman–Crippen LogP) is 4.82. The van der Waals surface area contributed by atoms with Gasteiger partial charge < -0.3 is 4.74 Å². The highest BCUT2D eigenvalue weighted by Gasteiger charge is 2.31. The number of benzene rings is 2. The van der Waals surface area contributed by atoms with E-state index in [1.54, 1.807) is 0 Å². The second-order valence-electron chi connectivity index (χ2n) is 6.11. The molecule has 2 aromatic carbocycles. The molecular formula is C21H15BrO3. The molecule has 2 aromatic rings. The summed E-state index contributed by atoms with van der Waals surface area (Å²) in [5.74, 6) is -0.150. The van der Waals surface area contributed by atoms with Crippen molar-refractivity contribution in [1.82, 2.24) is 0 Å². The van der Waals surface area contributed by atoms with Crippen LogP contribution in [-0.2, 0) is 9.53 Å². The maximum atomic E-state index is 12.3. The Kier molecular flexibility index (Phi) is 4.14. The molecule has 0 atom stereocenters. The zero-order valence-electron chi connectivity index (χ0n) is 13.4. The van der Waals surface area contributed by atoms with Gasteiger partial charge in [0.05, 0.1) is 5.57 Å². The lowest BCUT2D eigenvalue weighted by Gasteiger charge is -2.19. The lowest BCUT2D eigenvalue weighted by molar-refractivity contribution is -0.134. The van der Waals surface area contributed by atoms with E-state index in [0.717, 1.165) is 32.3 Å². The highest BCUT2D eigenvalue weighted by molar-refractivity contribution is 9.10. The number of halogens is 1. The lowest BCUT2D eigenvalue weighted by atomic mass is 9.82. The number of ether oxygens (including phenoxy) is 1. The van der Waals surface area contributed by atoms with Gasteiger partial charge in [0.2, 0.25) is 0 Å². The number of rotatable bonds is 1. The Morgan fingerprint density at radius 1 is 0.880 bits per heavy atom. The third-order valence-electron chi connectivity index (χ3n) is 4.59. The molecule has 1 aliphatic heterocycles. The van der Waals surface area contributed by atoms with Crippen LogP contribution >= 0.6 is 15.9 Å². The highest BCUT2D eigenvalue weighted by Crippen LogP contribution is 2.38. The molecule has 0 unspecified atom stereocenters. The minimum atomic E-state index is -0.306. The zero-order valence-corrected chi connectivity index (χ0v) is 15.0. The first kappa shape index (κ1) is 16.0. The number of ketones is 1. The van der Waals surface area contributed by atoms with Crippen LogP contribution in [0.15, 0.2) is 64.1 Å². The molecule has 1 fully saturated rings. The van der Waals surface area contributed by atoms with Gasteiger partial charge in [-0.15, -0.1) is 0 Å². The van der Waals surface area contributed by atoms with Crippen LogP contribution in [0.4, 0.5) is 0 Å². The number of fused-ring (bicyclic) bond motifs is 1. The normalized spacial score (nSPS) is 21.4. The van der Waals surface area contributed by atoms with Crippen LogP contribution in [0.1, 0.15) is 34.3 Å². The van der Waals surface area contributed by atoms with Crippen molar-refractivity contribution in [3.63, 3.8) is 0 Å². The lowest BCUT2D eigenvalue weighted by Crippen LogP contribution is -2.11. The van der Waals surface area contributed by atoms with E-state index in [4.69, 9.17) is 4.74 Å². The van der Waals surface area contributed by atoms with E-state index >= 15 is 0 Å². The van der Waals surface area contributed by atoms with E-state index in [1.807, 2.05) is 54.6 Å². The molecule has 0 spiro atoms. The Balaban J connectivity index is 1.85. The standard InChI is InChI=1S/C21H15BrO3/c22-14-7-5-13(6-8-14)11-18-19(12-25-21(18)24)16-9-10-20(23)17-4-2-1-3-15(16)17/h1-8,11H,9-10,12H2/b18-11+,19-16+. The van der Waals surface area contributed by atoms with Gasteiger partial charge in [-0.2, -0.15) is 0 Å². The van der Waals surface area contributed by atoms with Gasteiger partial charge >= 0.3 is 5.97 Å². The molecule has 124 valence electrons. The minimum Gasteiger partial charge on any atom is -0.457 e. The highest BCUT2D eigenvalue weighted by atomic mass is 79.9. The summed E-state index contributed by atoms with van der Waals surface area (Å²) < 4.78 is 6.30. The summed E-state index contributed by atoms with van der Waals surface area (Å²) >= 11 is 3.41. The molecular weight excluding hydrogens is 380 g/mol. The maximum Gasteiger partial charge on any atom is 0.338 e. The summed E-state index contributed by atoms with van der Waals surface area (Å²) in [6.07, 6.45) is 2.97. The van der Waals surface area contributed by atoms with Crippen LogP contribution in [-0.4, -0.2) is 18.4 Å². The molecule has 4 heteroatoms. The van der Waals surface area contributed by atoms with Crippen molar-refractivity contribution in [3.05, 3.63) is 80.8 Å². The van der Waals surface area contributed by atoms with Crippen LogP contribution in [0.2, 0.25) is 0 Å². The fourth-order valence-electron chi connectivity index (χ4n) is 3.35. The quantitative estimate of drug-likeness (QED) is 0.514. The molecule has 25 heavy (non-hydrogen) atoms. The summed E-state index contributed by atoms with van der Waals surface area (Å²) in [5.41, 5.74) is 5.13. The summed E-state index contributed by atoms with van der Waals surface area (Å²) in [6, 6.07) is 15.4. The van der Waals surface area contributed by atoms with Gasteiger partial charge in [-0.25, -0.2) is 4.79 Å². The largest absolute Gasteiger partial charge is 0.457 e. The van der Waals surface area contributed by atoms with Gasteiger partial charge in [0.25, 0.3) is 0 Å². The van der Waals surface area contributed by atoms with Gasteiger partial charge in [0.1, 0.15) is 6.61 Å². The Morgan fingerprint density at radius 3 is 2.36 bits per heavy atom. The topological polar surface area (TPSA) is 43.4 Å². The number of hydrogen-bond donors (Lipinski definition) is 0. The first-order valence-electron chi connectivity index (χ1n) is 8.13. The molecule has 1 heterocycles. The predicted molar refractivity (Wildman–Crippen MR) is 100 cm³/mol. The SMILES string of the molecule is O=C1OCC(=C2/CCC(=O)c3ccccc32)/C1=C\c1ccc(Br)cc1. The molecule has 1 saturated heterocycles. The average molecular weight is 395 g/mol. The second kappa shape index (κ2) is 6.45. The first-order chi connectivity index (χ1) is 12.1. The van der Waals surface area contributed by atoms with E-state index in [9.17, 15) is 9.59 Å². The van der Waals surface area contributed by atoms with Crippen LogP contribution in [0.5, 0.6) is 0 Å². The molecule has 0 aromatic heterocycles. The number of hydrogen-bond acceptors (Lipinski definition) is 3. The van der Waals surface area contributed by atoms with Gasteiger partial charge in [-0.1, -0.05) is 52.3 Å². The van der Waals surface area contributed by atoms with Gasteiger partial charge in [-0.3, -0.25) is 4.79 Å². The molecule has 1 aliphatic carbocycles. The van der Waals surface area contributed by atoms with Crippen LogP contribution in [0.3, 0.4) is 0 Å². The van der Waals surface area contributed by atoms with Crippen molar-refractivity contribution in [3.8, 4) is 0 Å². The molecule has 2 aliphatic rings. The number of Topliss-reactive ketones (excluding diaryl/α,β-unsaturated/α-hetero) is 1. The van der Waals surface area contributed by atoms with E-state index < -0.39 is 0 Å². The number of carbonyl (C=O) groups excluding carboxylic acids is 2.